The number of nitrogens with zero attached hydrogens (tertiary/aromatic N) is 1. The van der Waals surface area contributed by atoms with Crippen molar-refractivity contribution in [3.05, 3.63) is 41.8 Å². The Labute approximate surface area is 120 Å². The summed E-state index contributed by atoms with van der Waals surface area (Å²) in [6, 6.07) is 5.80. The molecule has 0 fully saturated rings. The minimum atomic E-state index is -0.570. The molecule has 0 aliphatic carbocycles. The van der Waals surface area contributed by atoms with E-state index < -0.39 is 11.8 Å². The summed E-state index contributed by atoms with van der Waals surface area (Å²) >= 11 is 0. The summed E-state index contributed by atoms with van der Waals surface area (Å²) in [4.78, 5) is 15.6. The molecule has 2 aromatic rings. The van der Waals surface area contributed by atoms with Crippen molar-refractivity contribution < 1.29 is 18.7 Å². The molecule has 0 bridgehead atoms. The number of ether oxygens (including phenoxy) is 2. The highest BCUT2D eigenvalue weighted by atomic mass is 19.1. The van der Waals surface area contributed by atoms with Crippen LogP contribution in [0.15, 0.2) is 30.5 Å². The Balaban J connectivity index is 2.27. The van der Waals surface area contributed by atoms with Crippen LogP contribution in [0.3, 0.4) is 0 Å². The molecule has 21 heavy (non-hydrogen) atoms. The number of rotatable bonds is 4. The van der Waals surface area contributed by atoms with E-state index in [4.69, 9.17) is 10.5 Å². The molecule has 7 heteroatoms. The molecular weight excluding hydrogens is 277 g/mol. The van der Waals surface area contributed by atoms with Gasteiger partial charge in [-0.3, -0.25) is 0 Å². The van der Waals surface area contributed by atoms with Crippen molar-refractivity contribution in [2.24, 2.45) is 0 Å². The van der Waals surface area contributed by atoms with E-state index in [0.29, 0.717) is 11.5 Å². The number of hydrogen-bond acceptors (Lipinski definition) is 6. The molecule has 0 atom stereocenters. The van der Waals surface area contributed by atoms with Gasteiger partial charge in [-0.05, 0) is 18.2 Å². The van der Waals surface area contributed by atoms with Gasteiger partial charge in [-0.15, -0.1) is 0 Å². The van der Waals surface area contributed by atoms with Crippen molar-refractivity contribution in [2.75, 3.05) is 25.3 Å². The fraction of sp³-hybridized carbons (Fsp3) is 0.143. The highest BCUT2D eigenvalue weighted by Gasteiger charge is 2.12. The van der Waals surface area contributed by atoms with Crippen LogP contribution in [-0.4, -0.2) is 25.2 Å². The monoisotopic (exact) mass is 291 g/mol. The zero-order chi connectivity index (χ0) is 15.4. The lowest BCUT2D eigenvalue weighted by molar-refractivity contribution is 0.0602. The van der Waals surface area contributed by atoms with E-state index in [1.807, 2.05) is 0 Å². The lowest BCUT2D eigenvalue weighted by Crippen LogP contribution is -2.07. The summed E-state index contributed by atoms with van der Waals surface area (Å²) < 4.78 is 23.1. The highest BCUT2D eigenvalue weighted by Crippen LogP contribution is 2.24. The maximum atomic E-state index is 13.6. The highest BCUT2D eigenvalue weighted by molar-refractivity contribution is 5.95. The molecule has 0 spiro atoms. The third-order valence-corrected chi connectivity index (χ3v) is 2.76. The molecule has 0 aliphatic heterocycles. The first-order valence-corrected chi connectivity index (χ1v) is 5.99. The number of anilines is 3. The predicted octanol–water partition coefficient (Wildman–Crippen LogP) is 2.34. The average molecular weight is 291 g/mol. The van der Waals surface area contributed by atoms with E-state index in [2.05, 4.69) is 15.0 Å². The van der Waals surface area contributed by atoms with Gasteiger partial charge < -0.3 is 20.5 Å². The Hall–Kier alpha value is -2.83. The number of methoxy groups -OCH3 is 2. The predicted molar refractivity (Wildman–Crippen MR) is 76.2 cm³/mol. The van der Waals surface area contributed by atoms with Gasteiger partial charge in [0.25, 0.3) is 0 Å². The van der Waals surface area contributed by atoms with Crippen LogP contribution >= 0.6 is 0 Å². The molecule has 0 amide bonds. The number of hydrogen-bond donors (Lipinski definition) is 2. The molecule has 0 radical (unpaired) electrons. The lowest BCUT2D eigenvalue weighted by atomic mass is 10.2. The zero-order valence-corrected chi connectivity index (χ0v) is 11.5. The number of pyridine rings is 1. The molecule has 0 saturated heterocycles. The average Bonchev–Trinajstić information content (AvgIpc) is 2.48. The second kappa shape index (κ2) is 6.08. The number of halogens is 1. The standard InChI is InChI=1S/C14H14FN3O3/c1-20-12-4-3-8(5-10(12)15)18-13-6-9(14(19)21-2)11(16)7-17-13/h3-7H,16H2,1-2H3,(H,17,18). The summed E-state index contributed by atoms with van der Waals surface area (Å²) in [7, 11) is 2.64. The van der Waals surface area contributed by atoms with Gasteiger partial charge >= 0.3 is 5.97 Å². The van der Waals surface area contributed by atoms with Crippen LogP contribution in [0.2, 0.25) is 0 Å². The van der Waals surface area contributed by atoms with Crippen LogP contribution in [0.1, 0.15) is 10.4 Å². The van der Waals surface area contributed by atoms with Crippen molar-refractivity contribution in [3.63, 3.8) is 0 Å². The number of nitrogens with two attached hydrogens (primary N) is 1. The van der Waals surface area contributed by atoms with Gasteiger partial charge in [-0.1, -0.05) is 0 Å². The Morgan fingerprint density at radius 1 is 1.33 bits per heavy atom. The van der Waals surface area contributed by atoms with Crippen molar-refractivity contribution >= 4 is 23.2 Å². The molecule has 110 valence electrons. The van der Waals surface area contributed by atoms with Crippen LogP contribution in [0.5, 0.6) is 5.75 Å². The Morgan fingerprint density at radius 3 is 2.71 bits per heavy atom. The molecule has 1 aromatic heterocycles. The summed E-state index contributed by atoms with van der Waals surface area (Å²) in [5.41, 5.74) is 6.50. The first-order valence-electron chi connectivity index (χ1n) is 5.99. The van der Waals surface area contributed by atoms with Gasteiger partial charge in [0.05, 0.1) is 31.7 Å². The van der Waals surface area contributed by atoms with Crippen LogP contribution in [0.4, 0.5) is 21.6 Å². The van der Waals surface area contributed by atoms with Gasteiger partial charge in [0.2, 0.25) is 0 Å². The van der Waals surface area contributed by atoms with Crippen LogP contribution in [0.25, 0.3) is 0 Å². The van der Waals surface area contributed by atoms with E-state index in [1.165, 1.54) is 38.6 Å². The van der Waals surface area contributed by atoms with Gasteiger partial charge in [-0.2, -0.15) is 0 Å². The minimum Gasteiger partial charge on any atom is -0.494 e. The smallest absolute Gasteiger partial charge is 0.340 e. The SMILES string of the molecule is COC(=O)c1cc(Nc2ccc(OC)c(F)c2)ncc1N. The fourth-order valence-corrected chi connectivity index (χ4v) is 1.71. The van der Waals surface area contributed by atoms with E-state index in [1.54, 1.807) is 6.07 Å². The number of esters is 1. The molecule has 1 aromatic carbocycles. The molecule has 2 rings (SSSR count). The maximum absolute atomic E-state index is 13.6. The molecule has 6 nitrogen and oxygen atoms in total. The molecular formula is C14H14FN3O3. The van der Waals surface area contributed by atoms with Gasteiger partial charge in [0.1, 0.15) is 5.82 Å². The second-order valence-corrected chi connectivity index (χ2v) is 4.12. The third-order valence-electron chi connectivity index (χ3n) is 2.76. The Morgan fingerprint density at radius 2 is 2.10 bits per heavy atom. The van der Waals surface area contributed by atoms with Crippen molar-refractivity contribution in [1.82, 2.24) is 4.98 Å². The number of carbonyl (C=O) groups excluding carboxylic acids is 1. The van der Waals surface area contributed by atoms with E-state index in [-0.39, 0.29) is 17.0 Å². The fourth-order valence-electron chi connectivity index (χ4n) is 1.71. The van der Waals surface area contributed by atoms with Gasteiger partial charge in [0, 0.05) is 11.8 Å². The number of aromatic nitrogens is 1. The lowest BCUT2D eigenvalue weighted by Gasteiger charge is -2.10. The molecule has 1 heterocycles. The van der Waals surface area contributed by atoms with Gasteiger partial charge in [-0.25, -0.2) is 14.2 Å². The molecule has 0 saturated carbocycles. The first kappa shape index (κ1) is 14.6. The normalized spacial score (nSPS) is 10.0. The second-order valence-electron chi connectivity index (χ2n) is 4.12. The molecule has 0 aliphatic rings. The van der Waals surface area contributed by atoms with Crippen LogP contribution in [-0.2, 0) is 4.74 Å². The Kier molecular flexibility index (Phi) is 4.22. The van der Waals surface area contributed by atoms with Crippen molar-refractivity contribution in [3.8, 4) is 5.75 Å². The number of nitrogen functional groups attached to an aromatic ring is 1. The number of benzene rings is 1. The van der Waals surface area contributed by atoms with Crippen molar-refractivity contribution in [1.29, 1.82) is 0 Å². The topological polar surface area (TPSA) is 86.5 Å². The van der Waals surface area contributed by atoms with E-state index in [9.17, 15) is 9.18 Å². The minimum absolute atomic E-state index is 0.140. The summed E-state index contributed by atoms with van der Waals surface area (Å²) in [6.45, 7) is 0. The number of nitrogens with one attached hydrogen (secondary N) is 1. The first-order chi connectivity index (χ1) is 10.0. The van der Waals surface area contributed by atoms with E-state index in [0.717, 1.165) is 0 Å². The largest absolute Gasteiger partial charge is 0.494 e. The summed E-state index contributed by atoms with van der Waals surface area (Å²) in [5.74, 6) is -0.597. The molecule has 0 unspecified atom stereocenters. The van der Waals surface area contributed by atoms with E-state index >= 15 is 0 Å². The zero-order valence-electron chi connectivity index (χ0n) is 11.5. The maximum Gasteiger partial charge on any atom is 0.340 e. The summed E-state index contributed by atoms with van der Waals surface area (Å²) in [5, 5.41) is 2.87. The van der Waals surface area contributed by atoms with Crippen LogP contribution < -0.4 is 15.8 Å². The third kappa shape index (κ3) is 3.19. The summed E-state index contributed by atoms with van der Waals surface area (Å²) in [6.07, 6.45) is 1.33. The van der Waals surface area contributed by atoms with Gasteiger partial charge in [0.15, 0.2) is 11.6 Å². The Bertz CT molecular complexity index is 677. The van der Waals surface area contributed by atoms with Crippen molar-refractivity contribution in [2.45, 2.75) is 0 Å². The number of carbonyl (C=O) groups is 1. The quantitative estimate of drug-likeness (QED) is 0.841. The molecule has 3 N–H and O–H groups in total. The van der Waals surface area contributed by atoms with Crippen LogP contribution in [0, 0.1) is 5.82 Å².